The molecule has 1 atom stereocenters. The normalized spacial score (nSPS) is 15.6. The zero-order valence-electron chi connectivity index (χ0n) is 20.6. The maximum absolute atomic E-state index is 12.9. The highest BCUT2D eigenvalue weighted by Gasteiger charge is 2.29. The lowest BCUT2D eigenvalue weighted by molar-refractivity contribution is -0.147. The van der Waals surface area contributed by atoms with E-state index in [1.54, 1.807) is 25.6 Å². The second kappa shape index (κ2) is 11.2. The monoisotopic (exact) mass is 476 g/mol. The molecule has 1 aromatic carbocycles. The molecule has 8 nitrogen and oxygen atoms in total. The summed E-state index contributed by atoms with van der Waals surface area (Å²) in [5.41, 5.74) is 3.70. The third-order valence-electron chi connectivity index (χ3n) is 6.59. The molecule has 1 aliphatic rings. The summed E-state index contributed by atoms with van der Waals surface area (Å²) in [7, 11) is 1.65. The highest BCUT2D eigenvalue weighted by Crippen LogP contribution is 2.22. The minimum absolute atomic E-state index is 0.179. The predicted octanol–water partition coefficient (Wildman–Crippen LogP) is 3.79. The molecule has 0 aliphatic carbocycles. The molecule has 0 radical (unpaired) electrons. The van der Waals surface area contributed by atoms with E-state index in [-0.39, 0.29) is 24.3 Å². The van der Waals surface area contributed by atoms with Crippen molar-refractivity contribution in [2.45, 2.75) is 39.7 Å². The van der Waals surface area contributed by atoms with E-state index in [1.807, 2.05) is 36.9 Å². The smallest absolute Gasteiger partial charge is 0.311 e. The molecule has 0 unspecified atom stereocenters. The number of hydrogen-bond acceptors (Lipinski definition) is 7. The first-order chi connectivity index (χ1) is 17.0. The average molecular weight is 477 g/mol. The molecule has 0 spiro atoms. The van der Waals surface area contributed by atoms with Gasteiger partial charge in [-0.2, -0.15) is 0 Å². The number of nitrogens with zero attached hydrogens (tertiary/aromatic N) is 4. The molecule has 0 saturated carbocycles. The van der Waals surface area contributed by atoms with Crippen LogP contribution in [0.3, 0.4) is 0 Å². The maximum Gasteiger partial charge on any atom is 0.311 e. The van der Waals surface area contributed by atoms with Crippen molar-refractivity contribution in [1.82, 2.24) is 14.5 Å². The Morgan fingerprint density at radius 2 is 1.86 bits per heavy atom. The van der Waals surface area contributed by atoms with Crippen molar-refractivity contribution in [2.75, 3.05) is 31.7 Å². The number of methoxy groups -OCH3 is 1. The lowest BCUT2D eigenvalue weighted by Gasteiger charge is -2.31. The third kappa shape index (κ3) is 5.88. The Morgan fingerprint density at radius 3 is 2.57 bits per heavy atom. The van der Waals surface area contributed by atoms with Gasteiger partial charge in [-0.25, -0.2) is 9.97 Å². The highest BCUT2D eigenvalue weighted by atomic mass is 16.5. The van der Waals surface area contributed by atoms with E-state index in [0.29, 0.717) is 18.1 Å². The van der Waals surface area contributed by atoms with Gasteiger partial charge in [0.05, 0.1) is 13.0 Å². The minimum atomic E-state index is -0.340. The van der Waals surface area contributed by atoms with Crippen molar-refractivity contribution in [3.63, 3.8) is 0 Å². The topological polar surface area (TPSA) is 86.5 Å². The summed E-state index contributed by atoms with van der Waals surface area (Å²) in [5, 5.41) is 0. The number of hydrogen-bond donors (Lipinski definition) is 0. The fourth-order valence-corrected chi connectivity index (χ4v) is 4.60. The fraction of sp³-hybridized carbons (Fsp3) is 0.407. The number of ketones is 1. The van der Waals surface area contributed by atoms with E-state index >= 15 is 0 Å². The van der Waals surface area contributed by atoms with Crippen molar-refractivity contribution in [2.24, 2.45) is 5.92 Å². The number of rotatable bonds is 9. The molecule has 2 aromatic heterocycles. The highest BCUT2D eigenvalue weighted by molar-refractivity contribution is 5.99. The Kier molecular flexibility index (Phi) is 7.80. The van der Waals surface area contributed by atoms with Gasteiger partial charge in [0.15, 0.2) is 6.61 Å². The summed E-state index contributed by atoms with van der Waals surface area (Å²) in [6.45, 7) is 5.74. The Labute approximate surface area is 205 Å². The van der Waals surface area contributed by atoms with Crippen LogP contribution in [-0.4, -0.2) is 53.1 Å². The molecule has 1 aliphatic heterocycles. The van der Waals surface area contributed by atoms with Gasteiger partial charge in [-0.15, -0.1) is 0 Å². The van der Waals surface area contributed by atoms with Crippen LogP contribution in [-0.2, 0) is 22.5 Å². The second-order valence-corrected chi connectivity index (χ2v) is 8.90. The van der Waals surface area contributed by atoms with Gasteiger partial charge in [0.2, 0.25) is 11.7 Å². The van der Waals surface area contributed by atoms with Crippen LogP contribution < -0.4 is 9.64 Å². The van der Waals surface area contributed by atoms with Gasteiger partial charge in [-0.3, -0.25) is 9.59 Å². The van der Waals surface area contributed by atoms with Crippen LogP contribution in [0.2, 0.25) is 0 Å². The maximum atomic E-state index is 12.9. The number of carbonyl (C=O) groups is 2. The molecular weight excluding hydrogens is 444 g/mol. The van der Waals surface area contributed by atoms with Gasteiger partial charge in [-0.1, -0.05) is 12.1 Å². The number of Topliss-reactive ketones (excluding diaryl/α,β-unsaturated/α-hetero) is 1. The number of piperidine rings is 1. The predicted molar refractivity (Wildman–Crippen MR) is 133 cm³/mol. The molecule has 1 saturated heterocycles. The van der Waals surface area contributed by atoms with Crippen LogP contribution in [0.5, 0.6) is 5.75 Å². The Morgan fingerprint density at radius 1 is 1.11 bits per heavy atom. The Hall–Kier alpha value is -3.68. The van der Waals surface area contributed by atoms with Crippen molar-refractivity contribution < 1.29 is 19.1 Å². The fourth-order valence-electron chi connectivity index (χ4n) is 4.60. The minimum Gasteiger partial charge on any atom is -0.497 e. The molecule has 4 rings (SSSR count). The Balaban J connectivity index is 1.32. The zero-order chi connectivity index (χ0) is 24.8. The number of benzene rings is 1. The number of aromatic nitrogens is 3. The number of aryl methyl sites for hydroxylation is 2. The molecule has 1 fully saturated rings. The van der Waals surface area contributed by atoms with Crippen molar-refractivity contribution in [3.8, 4) is 5.75 Å². The Bertz CT molecular complexity index is 1160. The first-order valence-electron chi connectivity index (χ1n) is 12.0. The molecule has 0 amide bonds. The molecule has 8 heteroatoms. The van der Waals surface area contributed by atoms with Gasteiger partial charge in [0, 0.05) is 49.0 Å². The quantitative estimate of drug-likeness (QED) is 0.343. The summed E-state index contributed by atoms with van der Waals surface area (Å²) in [5.74, 6) is 0.632. The summed E-state index contributed by atoms with van der Waals surface area (Å²) < 4.78 is 12.8. The first-order valence-corrected chi connectivity index (χ1v) is 12.0. The van der Waals surface area contributed by atoms with E-state index in [9.17, 15) is 9.59 Å². The van der Waals surface area contributed by atoms with Gasteiger partial charge in [0.25, 0.3) is 0 Å². The van der Waals surface area contributed by atoms with E-state index in [4.69, 9.17) is 9.47 Å². The lowest BCUT2D eigenvalue weighted by Crippen LogP contribution is -2.40. The largest absolute Gasteiger partial charge is 0.497 e. The van der Waals surface area contributed by atoms with Crippen molar-refractivity contribution in [1.29, 1.82) is 0 Å². The van der Waals surface area contributed by atoms with Crippen LogP contribution in [0.4, 0.5) is 5.95 Å². The molecular formula is C27H32N4O4. The van der Waals surface area contributed by atoms with Crippen molar-refractivity contribution >= 4 is 17.7 Å². The molecule has 184 valence electrons. The number of carbonyl (C=O) groups excluding carboxylic acids is 2. The van der Waals surface area contributed by atoms with Crippen LogP contribution in [0, 0.1) is 19.8 Å². The second-order valence-electron chi connectivity index (χ2n) is 8.90. The van der Waals surface area contributed by atoms with Crippen LogP contribution in [0.1, 0.15) is 40.2 Å². The number of esters is 1. The van der Waals surface area contributed by atoms with E-state index in [1.165, 1.54) is 5.56 Å². The van der Waals surface area contributed by atoms with Crippen LogP contribution >= 0.6 is 0 Å². The zero-order valence-corrected chi connectivity index (χ0v) is 20.6. The summed E-state index contributed by atoms with van der Waals surface area (Å²) >= 11 is 0. The molecule has 0 N–H and O–H groups in total. The first kappa shape index (κ1) is 24.4. The summed E-state index contributed by atoms with van der Waals surface area (Å²) in [4.78, 5) is 36.2. The molecule has 0 bridgehead atoms. The number of anilines is 1. The summed E-state index contributed by atoms with van der Waals surface area (Å²) in [6.07, 6.45) is 5.80. The van der Waals surface area contributed by atoms with Gasteiger partial charge in [-0.05, 0) is 62.9 Å². The molecule has 35 heavy (non-hydrogen) atoms. The van der Waals surface area contributed by atoms with E-state index in [2.05, 4.69) is 26.7 Å². The lowest BCUT2D eigenvalue weighted by atomic mass is 9.98. The molecule has 3 heterocycles. The third-order valence-corrected chi connectivity index (χ3v) is 6.59. The van der Waals surface area contributed by atoms with Crippen molar-refractivity contribution in [3.05, 3.63) is 71.3 Å². The summed E-state index contributed by atoms with van der Waals surface area (Å²) in [6, 6.07) is 11.7. The van der Waals surface area contributed by atoms with E-state index in [0.717, 1.165) is 49.5 Å². The van der Waals surface area contributed by atoms with Gasteiger partial charge in [0.1, 0.15) is 5.75 Å². The van der Waals surface area contributed by atoms with Gasteiger partial charge < -0.3 is 18.9 Å². The van der Waals surface area contributed by atoms with Gasteiger partial charge >= 0.3 is 5.97 Å². The average Bonchev–Trinajstić information content (AvgIpc) is 3.19. The molecule has 3 aromatic rings. The SMILES string of the molecule is COc1ccc(CCn2c(C)cc(C(=O)COC(=O)[C@@H]3CCCN(c4ncccn4)C3)c2C)cc1. The van der Waals surface area contributed by atoms with Crippen LogP contribution in [0.15, 0.2) is 48.8 Å². The number of ether oxygens (including phenoxy) is 2. The standard InChI is InChI=1S/C27H32N4O4/c1-19-16-24(20(2)31(19)15-11-21-7-9-23(34-3)10-8-21)25(32)18-35-26(33)22-6-4-14-30(17-22)27-28-12-5-13-29-27/h5,7-10,12-13,16,22H,4,6,11,14-15,17-18H2,1-3H3/t22-/m1/s1. The van der Waals surface area contributed by atoms with Crippen LogP contribution in [0.25, 0.3) is 0 Å². The van der Waals surface area contributed by atoms with E-state index < -0.39 is 0 Å².